The monoisotopic (exact) mass is 533 g/mol. The third-order valence-electron chi connectivity index (χ3n) is 5.58. The lowest BCUT2D eigenvalue weighted by molar-refractivity contribution is -0.137. The van der Waals surface area contributed by atoms with E-state index in [1.165, 1.54) is 17.7 Å². The van der Waals surface area contributed by atoms with Gasteiger partial charge in [-0.05, 0) is 61.6 Å². The maximum absolute atomic E-state index is 13.2. The summed E-state index contributed by atoms with van der Waals surface area (Å²) in [5, 5.41) is 3.07. The predicted molar refractivity (Wildman–Crippen MR) is 125 cm³/mol. The smallest absolute Gasteiger partial charge is 0.381 e. The number of alkyl halides is 3. The Morgan fingerprint density at radius 3 is 2.43 bits per heavy atom. The van der Waals surface area contributed by atoms with Crippen LogP contribution in [0, 0.1) is 13.8 Å². The van der Waals surface area contributed by atoms with Gasteiger partial charge in [0, 0.05) is 24.3 Å². The van der Waals surface area contributed by atoms with Gasteiger partial charge in [0.1, 0.15) is 0 Å². The number of anilines is 1. The first-order chi connectivity index (χ1) is 13.7. The molecule has 4 nitrogen and oxygen atoms in total. The second-order valence-electron chi connectivity index (χ2n) is 7.60. The van der Waals surface area contributed by atoms with Gasteiger partial charge in [0.2, 0.25) is 0 Å². The quantitative estimate of drug-likeness (QED) is 0.314. The molecule has 0 unspecified atom stereocenters. The molecule has 1 aliphatic heterocycles. The number of benzene rings is 2. The molecule has 30 heavy (non-hydrogen) atoms. The molecule has 8 heteroatoms. The van der Waals surface area contributed by atoms with Crippen LogP contribution in [0.2, 0.25) is 0 Å². The van der Waals surface area contributed by atoms with Crippen molar-refractivity contribution >= 4 is 35.6 Å². The fraction of sp³-hybridized carbons (Fsp3) is 0.409. The summed E-state index contributed by atoms with van der Waals surface area (Å²) >= 11 is 0. The first kappa shape index (κ1) is 24.5. The van der Waals surface area contributed by atoms with Crippen LogP contribution < -0.4 is 11.1 Å². The van der Waals surface area contributed by atoms with E-state index in [-0.39, 0.29) is 29.9 Å². The van der Waals surface area contributed by atoms with E-state index in [0.29, 0.717) is 38.2 Å². The van der Waals surface area contributed by atoms with Gasteiger partial charge in [-0.1, -0.05) is 24.3 Å². The maximum Gasteiger partial charge on any atom is 0.416 e. The molecule has 0 bridgehead atoms. The molecule has 0 radical (unpaired) electrons. The summed E-state index contributed by atoms with van der Waals surface area (Å²) in [5.74, 6) is 0.242. The Hall–Kier alpha value is -1.81. The van der Waals surface area contributed by atoms with Gasteiger partial charge in [-0.25, -0.2) is 0 Å². The lowest BCUT2D eigenvalue weighted by atomic mass is 9.74. The predicted octanol–water partition coefficient (Wildman–Crippen LogP) is 5.42. The molecule has 0 atom stereocenters. The van der Waals surface area contributed by atoms with E-state index < -0.39 is 17.2 Å². The van der Waals surface area contributed by atoms with Crippen LogP contribution in [-0.2, 0) is 16.3 Å². The standard InChI is InChI=1S/C22H26F3N3O.HI/c1-15-6-7-19(12-16(15)2)28-20(26)27-14-21(8-10-29-11-9-21)17-4-3-5-18(13-17)22(23,24)25;/h3-7,12-13H,8-11,14H2,1-2H3,(H3,26,27,28);1H. The molecular formula is C22H27F3IN3O. The number of rotatable bonds is 4. The molecular weight excluding hydrogens is 506 g/mol. The van der Waals surface area contributed by atoms with Crippen molar-refractivity contribution < 1.29 is 17.9 Å². The van der Waals surface area contributed by atoms with E-state index in [4.69, 9.17) is 10.5 Å². The Balaban J connectivity index is 0.00000320. The molecule has 0 aromatic heterocycles. The first-order valence-corrected chi connectivity index (χ1v) is 9.59. The summed E-state index contributed by atoms with van der Waals surface area (Å²) in [6.45, 7) is 5.30. The lowest BCUT2D eigenvalue weighted by Gasteiger charge is -2.37. The molecule has 1 heterocycles. The highest BCUT2D eigenvalue weighted by Crippen LogP contribution is 2.38. The average molecular weight is 533 g/mol. The summed E-state index contributed by atoms with van der Waals surface area (Å²) in [5.41, 5.74) is 8.66. The van der Waals surface area contributed by atoms with E-state index in [9.17, 15) is 13.2 Å². The van der Waals surface area contributed by atoms with Gasteiger partial charge >= 0.3 is 6.18 Å². The number of nitrogens with one attached hydrogen (secondary N) is 1. The zero-order valence-corrected chi connectivity index (χ0v) is 19.4. The number of guanidine groups is 1. The van der Waals surface area contributed by atoms with Crippen LogP contribution in [0.3, 0.4) is 0 Å². The highest BCUT2D eigenvalue weighted by Gasteiger charge is 2.37. The van der Waals surface area contributed by atoms with E-state index in [1.807, 2.05) is 32.0 Å². The van der Waals surface area contributed by atoms with E-state index in [1.54, 1.807) is 6.07 Å². The van der Waals surface area contributed by atoms with Crippen molar-refractivity contribution in [1.29, 1.82) is 0 Å². The molecule has 164 valence electrons. The van der Waals surface area contributed by atoms with E-state index >= 15 is 0 Å². The third-order valence-corrected chi connectivity index (χ3v) is 5.58. The number of nitrogens with two attached hydrogens (primary N) is 1. The summed E-state index contributed by atoms with van der Waals surface area (Å²) < 4.78 is 45.0. The number of aryl methyl sites for hydroxylation is 2. The van der Waals surface area contributed by atoms with Crippen molar-refractivity contribution in [3.8, 4) is 0 Å². The van der Waals surface area contributed by atoms with E-state index in [2.05, 4.69) is 10.3 Å². The van der Waals surface area contributed by atoms with Crippen molar-refractivity contribution in [1.82, 2.24) is 0 Å². The lowest BCUT2D eigenvalue weighted by Crippen LogP contribution is -2.38. The minimum absolute atomic E-state index is 0. The first-order valence-electron chi connectivity index (χ1n) is 9.59. The van der Waals surface area contributed by atoms with Crippen molar-refractivity contribution in [2.45, 2.75) is 38.3 Å². The number of nitrogens with zero attached hydrogens (tertiary/aromatic N) is 1. The molecule has 0 saturated carbocycles. The minimum Gasteiger partial charge on any atom is -0.381 e. The number of aliphatic imine (C=N–C) groups is 1. The van der Waals surface area contributed by atoms with E-state index in [0.717, 1.165) is 17.3 Å². The second kappa shape index (κ2) is 10.00. The Morgan fingerprint density at radius 2 is 1.80 bits per heavy atom. The van der Waals surface area contributed by atoms with Crippen molar-refractivity contribution in [2.75, 3.05) is 25.1 Å². The highest BCUT2D eigenvalue weighted by molar-refractivity contribution is 14.0. The van der Waals surface area contributed by atoms with Crippen molar-refractivity contribution in [2.24, 2.45) is 10.7 Å². The summed E-state index contributed by atoms with van der Waals surface area (Å²) in [6.07, 6.45) is -3.20. The van der Waals surface area contributed by atoms with Gasteiger partial charge in [0.05, 0.1) is 12.1 Å². The van der Waals surface area contributed by atoms with Crippen molar-refractivity contribution in [3.63, 3.8) is 0 Å². The zero-order valence-electron chi connectivity index (χ0n) is 17.1. The molecule has 0 spiro atoms. The topological polar surface area (TPSA) is 59.6 Å². The van der Waals surface area contributed by atoms with Crippen LogP contribution in [-0.4, -0.2) is 25.7 Å². The molecule has 2 aromatic carbocycles. The fourth-order valence-electron chi connectivity index (χ4n) is 3.57. The molecule has 0 amide bonds. The van der Waals surface area contributed by atoms with Crippen LogP contribution >= 0.6 is 24.0 Å². The average Bonchev–Trinajstić information content (AvgIpc) is 2.69. The molecule has 3 rings (SSSR count). The van der Waals surface area contributed by atoms with Gasteiger partial charge in [-0.3, -0.25) is 4.99 Å². The summed E-state index contributed by atoms with van der Waals surface area (Å²) in [7, 11) is 0. The van der Waals surface area contributed by atoms with Crippen LogP contribution in [0.1, 0.15) is 35.1 Å². The Kier molecular flexibility index (Phi) is 8.15. The summed E-state index contributed by atoms with van der Waals surface area (Å²) in [6, 6.07) is 11.4. The van der Waals surface area contributed by atoms with Gasteiger partial charge in [0.25, 0.3) is 0 Å². The molecule has 0 aliphatic carbocycles. The minimum atomic E-state index is -4.38. The van der Waals surface area contributed by atoms with Crippen LogP contribution in [0.4, 0.5) is 18.9 Å². The van der Waals surface area contributed by atoms with Gasteiger partial charge in [0.15, 0.2) is 5.96 Å². The highest BCUT2D eigenvalue weighted by atomic mass is 127. The van der Waals surface area contributed by atoms with Crippen LogP contribution in [0.25, 0.3) is 0 Å². The Morgan fingerprint density at radius 1 is 1.10 bits per heavy atom. The summed E-state index contributed by atoms with van der Waals surface area (Å²) in [4.78, 5) is 4.48. The Labute approximate surface area is 192 Å². The van der Waals surface area contributed by atoms with Gasteiger partial charge in [-0.2, -0.15) is 13.2 Å². The Bertz CT molecular complexity index is 893. The number of hydrogen-bond acceptors (Lipinski definition) is 2. The maximum atomic E-state index is 13.2. The van der Waals surface area contributed by atoms with Crippen LogP contribution in [0.15, 0.2) is 47.5 Å². The number of ether oxygens (including phenoxy) is 1. The molecule has 2 aromatic rings. The van der Waals surface area contributed by atoms with Gasteiger partial charge < -0.3 is 15.8 Å². The largest absolute Gasteiger partial charge is 0.416 e. The van der Waals surface area contributed by atoms with Crippen molar-refractivity contribution in [3.05, 3.63) is 64.7 Å². The SMILES string of the molecule is Cc1ccc(NC(N)=NCC2(c3cccc(C(F)(F)F)c3)CCOCC2)cc1C.I. The number of halogens is 4. The molecule has 1 aliphatic rings. The third kappa shape index (κ3) is 5.87. The van der Waals surface area contributed by atoms with Gasteiger partial charge in [-0.15, -0.1) is 24.0 Å². The number of hydrogen-bond donors (Lipinski definition) is 2. The molecule has 1 saturated heterocycles. The van der Waals surface area contributed by atoms with Crippen LogP contribution in [0.5, 0.6) is 0 Å². The molecule has 3 N–H and O–H groups in total. The fourth-order valence-corrected chi connectivity index (χ4v) is 3.57. The second-order valence-corrected chi connectivity index (χ2v) is 7.60. The molecule has 1 fully saturated rings. The zero-order chi connectivity index (χ0) is 21.1. The normalized spacial score (nSPS) is 16.6.